The van der Waals surface area contributed by atoms with Gasteiger partial charge in [0, 0.05) is 23.9 Å². The van der Waals surface area contributed by atoms with Crippen LogP contribution in [-0.4, -0.2) is 15.5 Å². The molecule has 13 heavy (non-hydrogen) atoms. The minimum absolute atomic E-state index is 0.0586. The Morgan fingerprint density at radius 2 is 2.23 bits per heavy atom. The second-order valence-electron chi connectivity index (χ2n) is 4.40. The zero-order chi connectivity index (χ0) is 9.31. The van der Waals surface area contributed by atoms with Crippen LogP contribution in [0.3, 0.4) is 0 Å². The number of nitrogens with one attached hydrogen (secondary N) is 1. The fourth-order valence-corrected chi connectivity index (χ4v) is 2.05. The number of H-pyrrole nitrogens is 1. The second kappa shape index (κ2) is 3.14. The number of hydrogen-bond donors (Lipinski definition) is 2. The first-order valence-corrected chi connectivity index (χ1v) is 4.95. The van der Waals surface area contributed by atoms with Crippen LogP contribution < -0.4 is 5.73 Å². The maximum Gasteiger partial charge on any atom is 0.109 e. The van der Waals surface area contributed by atoms with Crippen molar-refractivity contribution in [2.75, 3.05) is 0 Å². The van der Waals surface area contributed by atoms with Crippen molar-refractivity contribution in [1.29, 1.82) is 0 Å². The van der Waals surface area contributed by atoms with E-state index in [-0.39, 0.29) is 5.54 Å². The van der Waals surface area contributed by atoms with Gasteiger partial charge in [0.2, 0.25) is 0 Å². The van der Waals surface area contributed by atoms with Crippen molar-refractivity contribution < 1.29 is 0 Å². The smallest absolute Gasteiger partial charge is 0.109 e. The van der Waals surface area contributed by atoms with Crippen LogP contribution in [0, 0.1) is 0 Å². The lowest BCUT2D eigenvalue weighted by Crippen LogP contribution is -2.39. The number of aromatic nitrogens is 2. The summed E-state index contributed by atoms with van der Waals surface area (Å²) >= 11 is 0. The first-order valence-electron chi connectivity index (χ1n) is 4.95. The van der Waals surface area contributed by atoms with Gasteiger partial charge in [-0.2, -0.15) is 0 Å². The summed E-state index contributed by atoms with van der Waals surface area (Å²) in [5.41, 5.74) is 6.12. The van der Waals surface area contributed by atoms with Crippen molar-refractivity contribution >= 4 is 0 Å². The van der Waals surface area contributed by atoms with E-state index >= 15 is 0 Å². The van der Waals surface area contributed by atoms with Crippen LogP contribution in [0.15, 0.2) is 12.4 Å². The van der Waals surface area contributed by atoms with Crippen molar-refractivity contribution in [2.24, 2.45) is 5.73 Å². The molecule has 0 saturated heterocycles. The molecular formula is C10H17N3. The fourth-order valence-electron chi connectivity index (χ4n) is 2.05. The molecule has 3 heteroatoms. The third-order valence-electron chi connectivity index (χ3n) is 3.03. The highest BCUT2D eigenvalue weighted by Crippen LogP contribution is 2.34. The van der Waals surface area contributed by atoms with Crippen molar-refractivity contribution in [3.8, 4) is 0 Å². The van der Waals surface area contributed by atoms with E-state index in [1.54, 1.807) is 0 Å². The van der Waals surface area contributed by atoms with Gasteiger partial charge >= 0.3 is 0 Å². The summed E-state index contributed by atoms with van der Waals surface area (Å²) in [4.78, 5) is 7.47. The Labute approximate surface area is 78.7 Å². The molecule has 3 nitrogen and oxygen atoms in total. The molecule has 0 radical (unpaired) electrons. The van der Waals surface area contributed by atoms with Crippen LogP contribution in [0.2, 0.25) is 0 Å². The monoisotopic (exact) mass is 179 g/mol. The summed E-state index contributed by atoms with van der Waals surface area (Å²) in [6.07, 6.45) is 8.27. The van der Waals surface area contributed by atoms with Gasteiger partial charge in [-0.3, -0.25) is 0 Å². The van der Waals surface area contributed by atoms with E-state index in [1.807, 2.05) is 12.4 Å². The Hall–Kier alpha value is -0.830. The van der Waals surface area contributed by atoms with Crippen molar-refractivity contribution in [1.82, 2.24) is 9.97 Å². The molecule has 2 rings (SSSR count). The highest BCUT2D eigenvalue weighted by molar-refractivity contribution is 5.01. The molecule has 0 unspecified atom stereocenters. The number of hydrogen-bond acceptors (Lipinski definition) is 2. The molecule has 1 fully saturated rings. The molecule has 1 heterocycles. The normalized spacial score (nSPS) is 34.8. The van der Waals surface area contributed by atoms with Gasteiger partial charge in [0.1, 0.15) is 5.82 Å². The van der Waals surface area contributed by atoms with Gasteiger partial charge in [0.25, 0.3) is 0 Å². The maximum absolute atomic E-state index is 6.06. The van der Waals surface area contributed by atoms with Gasteiger partial charge in [0.15, 0.2) is 0 Å². The summed E-state index contributed by atoms with van der Waals surface area (Å²) in [6, 6.07) is 0. The SMILES string of the molecule is CC1(N)CCC(c2ncc[nH]2)CC1. The predicted molar refractivity (Wildman–Crippen MR) is 52.4 cm³/mol. The van der Waals surface area contributed by atoms with Gasteiger partial charge in [-0.15, -0.1) is 0 Å². The number of nitrogens with zero attached hydrogens (tertiary/aromatic N) is 1. The lowest BCUT2D eigenvalue weighted by molar-refractivity contribution is 0.290. The second-order valence-corrected chi connectivity index (χ2v) is 4.40. The first-order chi connectivity index (χ1) is 6.17. The van der Waals surface area contributed by atoms with Crippen molar-refractivity contribution in [2.45, 2.75) is 44.1 Å². The summed E-state index contributed by atoms with van der Waals surface area (Å²) in [7, 11) is 0. The third kappa shape index (κ3) is 1.91. The fraction of sp³-hybridized carbons (Fsp3) is 0.700. The molecule has 0 aromatic carbocycles. The lowest BCUT2D eigenvalue weighted by atomic mass is 9.78. The van der Waals surface area contributed by atoms with Crippen LogP contribution in [-0.2, 0) is 0 Å². The third-order valence-corrected chi connectivity index (χ3v) is 3.03. The van der Waals surface area contributed by atoms with Gasteiger partial charge in [-0.1, -0.05) is 0 Å². The van der Waals surface area contributed by atoms with Gasteiger partial charge in [-0.05, 0) is 32.6 Å². The first kappa shape index (κ1) is 8.75. The average Bonchev–Trinajstić information content (AvgIpc) is 2.56. The molecule has 0 atom stereocenters. The largest absolute Gasteiger partial charge is 0.348 e. The van der Waals surface area contributed by atoms with Crippen LogP contribution >= 0.6 is 0 Å². The highest BCUT2D eigenvalue weighted by atomic mass is 14.9. The van der Waals surface area contributed by atoms with Gasteiger partial charge in [-0.25, -0.2) is 4.98 Å². The molecule has 0 spiro atoms. The molecule has 1 aliphatic rings. The maximum atomic E-state index is 6.06. The van der Waals surface area contributed by atoms with E-state index in [0.29, 0.717) is 5.92 Å². The van der Waals surface area contributed by atoms with E-state index in [9.17, 15) is 0 Å². The number of rotatable bonds is 1. The Balaban J connectivity index is 1.99. The Morgan fingerprint density at radius 1 is 1.54 bits per heavy atom. The van der Waals surface area contributed by atoms with E-state index < -0.39 is 0 Å². The highest BCUT2D eigenvalue weighted by Gasteiger charge is 2.28. The summed E-state index contributed by atoms with van der Waals surface area (Å²) < 4.78 is 0. The molecule has 1 saturated carbocycles. The molecule has 0 aliphatic heterocycles. The average molecular weight is 179 g/mol. The molecule has 1 aromatic heterocycles. The zero-order valence-corrected chi connectivity index (χ0v) is 8.09. The van der Waals surface area contributed by atoms with Crippen LogP contribution in [0.25, 0.3) is 0 Å². The molecular weight excluding hydrogens is 162 g/mol. The summed E-state index contributed by atoms with van der Waals surface area (Å²) in [5, 5.41) is 0. The Morgan fingerprint density at radius 3 is 2.77 bits per heavy atom. The van der Waals surface area contributed by atoms with E-state index in [1.165, 1.54) is 12.8 Å². The zero-order valence-electron chi connectivity index (χ0n) is 8.09. The topological polar surface area (TPSA) is 54.7 Å². The van der Waals surface area contributed by atoms with E-state index in [4.69, 9.17) is 5.73 Å². The van der Waals surface area contributed by atoms with E-state index in [2.05, 4.69) is 16.9 Å². The number of imidazole rings is 1. The molecule has 0 bridgehead atoms. The standard InChI is InChI=1S/C10H17N3/c1-10(11)4-2-8(3-5-10)9-12-6-7-13-9/h6-8H,2-5,11H2,1H3,(H,12,13). The van der Waals surface area contributed by atoms with E-state index in [0.717, 1.165) is 18.7 Å². The molecule has 72 valence electrons. The summed E-state index contributed by atoms with van der Waals surface area (Å²) in [6.45, 7) is 2.14. The Kier molecular flexibility index (Phi) is 2.12. The van der Waals surface area contributed by atoms with Crippen molar-refractivity contribution in [3.05, 3.63) is 18.2 Å². The van der Waals surface area contributed by atoms with Gasteiger partial charge in [0.05, 0.1) is 0 Å². The quantitative estimate of drug-likeness (QED) is 0.690. The molecule has 1 aromatic rings. The number of aromatic amines is 1. The molecule has 1 aliphatic carbocycles. The molecule has 3 N–H and O–H groups in total. The van der Waals surface area contributed by atoms with Gasteiger partial charge < -0.3 is 10.7 Å². The molecule has 0 amide bonds. The summed E-state index contributed by atoms with van der Waals surface area (Å²) in [5.74, 6) is 1.74. The van der Waals surface area contributed by atoms with Crippen LogP contribution in [0.5, 0.6) is 0 Å². The minimum Gasteiger partial charge on any atom is -0.348 e. The number of nitrogens with two attached hydrogens (primary N) is 1. The lowest BCUT2D eigenvalue weighted by Gasteiger charge is -2.33. The van der Waals surface area contributed by atoms with Crippen molar-refractivity contribution in [3.63, 3.8) is 0 Å². The Bertz CT molecular complexity index is 254. The predicted octanol–water partition coefficient (Wildman–Crippen LogP) is 1.78. The van der Waals surface area contributed by atoms with Crippen LogP contribution in [0.4, 0.5) is 0 Å². The van der Waals surface area contributed by atoms with Crippen LogP contribution in [0.1, 0.15) is 44.3 Å². The minimum atomic E-state index is 0.0586.